The van der Waals surface area contributed by atoms with E-state index in [1.807, 2.05) is 93.6 Å². The number of nitrogens with zero attached hydrogens (tertiary/aromatic N) is 1. The molecule has 1 amide bonds. The van der Waals surface area contributed by atoms with Crippen molar-refractivity contribution in [2.45, 2.75) is 38.8 Å². The van der Waals surface area contributed by atoms with E-state index in [1.165, 1.54) is 4.90 Å². The van der Waals surface area contributed by atoms with E-state index in [2.05, 4.69) is 0 Å². The summed E-state index contributed by atoms with van der Waals surface area (Å²) in [5.74, 6) is -0.434. The van der Waals surface area contributed by atoms with Gasteiger partial charge in [0, 0.05) is 18.5 Å². The van der Waals surface area contributed by atoms with Crippen molar-refractivity contribution in [3.05, 3.63) is 89.5 Å². The molecule has 3 rings (SSSR count). The minimum absolute atomic E-state index is 0.233. The van der Waals surface area contributed by atoms with E-state index in [4.69, 9.17) is 4.74 Å². The molecule has 0 radical (unpaired) electrons. The fraction of sp³-hybridized carbons (Fsp3) is 0.280. The summed E-state index contributed by atoms with van der Waals surface area (Å²) >= 11 is 0. The largest absolute Gasteiger partial charge is 0.465 e. The Kier molecular flexibility index (Phi) is 6.40. The summed E-state index contributed by atoms with van der Waals surface area (Å²) < 4.78 is 5.74. The molecular formula is C25H27NO4. The summed E-state index contributed by atoms with van der Waals surface area (Å²) in [6.07, 6.45) is 2.88. The maximum atomic E-state index is 13.3. The second kappa shape index (κ2) is 8.99. The van der Waals surface area contributed by atoms with E-state index in [0.29, 0.717) is 12.1 Å². The smallest absolute Gasteiger partial charge is 0.408 e. The van der Waals surface area contributed by atoms with E-state index in [1.54, 1.807) is 0 Å². The van der Waals surface area contributed by atoms with Crippen LogP contribution in [0.5, 0.6) is 0 Å². The first kappa shape index (κ1) is 21.4. The number of hydrogen-bond donors (Lipinski definition) is 1. The summed E-state index contributed by atoms with van der Waals surface area (Å²) in [6.45, 7) is 5.79. The number of benzene rings is 2. The van der Waals surface area contributed by atoms with Gasteiger partial charge in [-0.2, -0.15) is 0 Å². The number of esters is 1. The maximum absolute atomic E-state index is 13.3. The van der Waals surface area contributed by atoms with Crippen molar-refractivity contribution in [3.63, 3.8) is 0 Å². The number of carbonyl (C=O) groups excluding carboxylic acids is 1. The lowest BCUT2D eigenvalue weighted by atomic mass is 9.89. The average molecular weight is 405 g/mol. The predicted octanol–water partition coefficient (Wildman–Crippen LogP) is 5.14. The highest BCUT2D eigenvalue weighted by Crippen LogP contribution is 2.32. The van der Waals surface area contributed by atoms with Crippen LogP contribution in [0.2, 0.25) is 0 Å². The molecule has 0 aromatic heterocycles. The molecule has 0 spiro atoms. The average Bonchev–Trinajstić information content (AvgIpc) is 3.16. The summed E-state index contributed by atoms with van der Waals surface area (Å²) in [5, 5.41) is 9.55. The number of carboxylic acid groups (broad SMARTS) is 1. The summed E-state index contributed by atoms with van der Waals surface area (Å²) in [4.78, 5) is 26.3. The van der Waals surface area contributed by atoms with Crippen LogP contribution in [-0.4, -0.2) is 40.3 Å². The molecule has 0 saturated heterocycles. The van der Waals surface area contributed by atoms with Gasteiger partial charge < -0.3 is 9.84 Å². The molecule has 5 nitrogen and oxygen atoms in total. The van der Waals surface area contributed by atoms with Crippen molar-refractivity contribution in [1.82, 2.24) is 4.90 Å². The SMILES string of the molecule is CC(C)(C)OC(=O)C(CC1C=CCN1C(=O)O)=C(c1ccccc1)c1ccccc1. The van der Waals surface area contributed by atoms with Crippen molar-refractivity contribution in [3.8, 4) is 0 Å². The normalized spacial score (nSPS) is 15.7. The lowest BCUT2D eigenvalue weighted by molar-refractivity contribution is -0.150. The summed E-state index contributed by atoms with van der Waals surface area (Å²) in [7, 11) is 0. The Labute approximate surface area is 177 Å². The molecule has 5 heteroatoms. The Hall–Kier alpha value is -3.34. The number of amides is 1. The number of rotatable bonds is 5. The lowest BCUT2D eigenvalue weighted by Gasteiger charge is -2.26. The third-order valence-electron chi connectivity index (χ3n) is 4.79. The third-order valence-corrected chi connectivity index (χ3v) is 4.79. The molecule has 30 heavy (non-hydrogen) atoms. The fourth-order valence-electron chi connectivity index (χ4n) is 3.53. The lowest BCUT2D eigenvalue weighted by Crippen LogP contribution is -2.36. The minimum atomic E-state index is -1.01. The minimum Gasteiger partial charge on any atom is -0.465 e. The molecule has 1 heterocycles. The van der Waals surface area contributed by atoms with Crippen LogP contribution in [0.4, 0.5) is 4.79 Å². The third kappa shape index (κ3) is 5.17. The highest BCUT2D eigenvalue weighted by molar-refractivity contribution is 6.02. The van der Waals surface area contributed by atoms with Crippen molar-refractivity contribution in [2.24, 2.45) is 0 Å². The standard InChI is InChI=1S/C25H27NO4/c1-25(2,3)30-23(27)21(17-20-15-10-16-26(20)24(28)29)22(18-11-6-4-7-12-18)19-13-8-5-9-14-19/h4-15,20H,16-17H2,1-3H3,(H,28,29). The van der Waals surface area contributed by atoms with Gasteiger partial charge in [0.15, 0.2) is 0 Å². The molecule has 2 aromatic carbocycles. The van der Waals surface area contributed by atoms with Crippen LogP contribution in [0.1, 0.15) is 38.3 Å². The van der Waals surface area contributed by atoms with Gasteiger partial charge in [0.1, 0.15) is 5.60 Å². The van der Waals surface area contributed by atoms with Gasteiger partial charge in [-0.15, -0.1) is 0 Å². The van der Waals surface area contributed by atoms with Crippen LogP contribution in [0.15, 0.2) is 78.4 Å². The summed E-state index contributed by atoms with van der Waals surface area (Å²) in [6, 6.07) is 18.9. The van der Waals surface area contributed by atoms with Gasteiger partial charge in [-0.3, -0.25) is 4.90 Å². The molecule has 1 aliphatic heterocycles. The predicted molar refractivity (Wildman–Crippen MR) is 117 cm³/mol. The molecular weight excluding hydrogens is 378 g/mol. The number of ether oxygens (including phenoxy) is 1. The van der Waals surface area contributed by atoms with Crippen LogP contribution in [0.3, 0.4) is 0 Å². The topological polar surface area (TPSA) is 66.8 Å². The van der Waals surface area contributed by atoms with E-state index in [0.717, 1.165) is 16.7 Å². The van der Waals surface area contributed by atoms with Crippen LogP contribution in [0.25, 0.3) is 5.57 Å². The molecule has 156 valence electrons. The molecule has 1 unspecified atom stereocenters. The van der Waals surface area contributed by atoms with Gasteiger partial charge in [-0.25, -0.2) is 9.59 Å². The molecule has 2 aromatic rings. The Morgan fingerprint density at radius 3 is 2.00 bits per heavy atom. The van der Waals surface area contributed by atoms with Crippen LogP contribution in [0, 0.1) is 0 Å². The van der Waals surface area contributed by atoms with Gasteiger partial charge in [0.25, 0.3) is 0 Å². The zero-order valence-corrected chi connectivity index (χ0v) is 17.5. The molecule has 1 atom stereocenters. The Morgan fingerprint density at radius 2 is 1.53 bits per heavy atom. The van der Waals surface area contributed by atoms with Gasteiger partial charge in [0.05, 0.1) is 6.04 Å². The van der Waals surface area contributed by atoms with Gasteiger partial charge >= 0.3 is 12.1 Å². The van der Waals surface area contributed by atoms with Crippen LogP contribution < -0.4 is 0 Å². The van der Waals surface area contributed by atoms with Gasteiger partial charge in [-0.1, -0.05) is 72.8 Å². The Morgan fingerprint density at radius 1 is 1.00 bits per heavy atom. The Balaban J connectivity index is 2.17. The second-order valence-electron chi connectivity index (χ2n) is 8.22. The monoisotopic (exact) mass is 405 g/mol. The number of carbonyl (C=O) groups is 2. The molecule has 0 fully saturated rings. The van der Waals surface area contributed by atoms with Crippen LogP contribution >= 0.6 is 0 Å². The highest BCUT2D eigenvalue weighted by Gasteiger charge is 2.31. The first-order chi connectivity index (χ1) is 14.3. The zero-order chi connectivity index (χ0) is 21.7. The molecule has 1 aliphatic rings. The van der Waals surface area contributed by atoms with E-state index in [9.17, 15) is 14.7 Å². The summed E-state index contributed by atoms with van der Waals surface area (Å²) in [5.41, 5.74) is 2.32. The van der Waals surface area contributed by atoms with E-state index in [-0.39, 0.29) is 6.42 Å². The second-order valence-corrected chi connectivity index (χ2v) is 8.22. The first-order valence-electron chi connectivity index (χ1n) is 10.00. The molecule has 0 saturated carbocycles. The molecule has 0 bridgehead atoms. The Bertz CT molecular complexity index is 914. The zero-order valence-electron chi connectivity index (χ0n) is 17.5. The fourth-order valence-corrected chi connectivity index (χ4v) is 3.53. The van der Waals surface area contributed by atoms with Crippen molar-refractivity contribution >= 4 is 17.6 Å². The van der Waals surface area contributed by atoms with Crippen molar-refractivity contribution in [2.75, 3.05) is 6.54 Å². The van der Waals surface area contributed by atoms with E-state index < -0.39 is 23.7 Å². The van der Waals surface area contributed by atoms with E-state index >= 15 is 0 Å². The van der Waals surface area contributed by atoms with Crippen LogP contribution in [-0.2, 0) is 9.53 Å². The van der Waals surface area contributed by atoms with Gasteiger partial charge in [0.2, 0.25) is 0 Å². The number of hydrogen-bond acceptors (Lipinski definition) is 3. The molecule has 1 N–H and O–H groups in total. The molecule has 0 aliphatic carbocycles. The van der Waals surface area contributed by atoms with Gasteiger partial charge in [-0.05, 0) is 37.5 Å². The van der Waals surface area contributed by atoms with Crippen molar-refractivity contribution < 1.29 is 19.4 Å². The van der Waals surface area contributed by atoms with Crippen molar-refractivity contribution in [1.29, 1.82) is 0 Å². The quantitative estimate of drug-likeness (QED) is 0.425. The highest BCUT2D eigenvalue weighted by atomic mass is 16.6. The first-order valence-corrected chi connectivity index (χ1v) is 10.00. The maximum Gasteiger partial charge on any atom is 0.408 e.